The van der Waals surface area contributed by atoms with Gasteiger partial charge in [0.2, 0.25) is 0 Å². The highest BCUT2D eigenvalue weighted by Crippen LogP contribution is 2.25. The lowest BCUT2D eigenvalue weighted by molar-refractivity contribution is 0.511. The molecule has 1 aromatic carbocycles. The number of benzene rings is 1. The molecule has 0 spiro atoms. The molecule has 4 nitrogen and oxygen atoms in total. The van der Waals surface area contributed by atoms with Crippen LogP contribution in [0.15, 0.2) is 28.9 Å². The molecule has 0 saturated heterocycles. The Kier molecular flexibility index (Phi) is 5.25. The number of nitrogens with zero attached hydrogens (tertiary/aromatic N) is 3. The Morgan fingerprint density at radius 3 is 2.85 bits per heavy atom. The Labute approximate surface area is 126 Å². The van der Waals surface area contributed by atoms with E-state index in [4.69, 9.17) is 0 Å². The fourth-order valence-corrected chi connectivity index (χ4v) is 2.56. The van der Waals surface area contributed by atoms with Crippen molar-refractivity contribution in [3.8, 4) is 0 Å². The van der Waals surface area contributed by atoms with E-state index in [1.807, 2.05) is 11.6 Å². The van der Waals surface area contributed by atoms with E-state index in [-0.39, 0.29) is 11.9 Å². The van der Waals surface area contributed by atoms with E-state index in [0.29, 0.717) is 4.47 Å². The van der Waals surface area contributed by atoms with Gasteiger partial charge in [-0.3, -0.25) is 0 Å². The molecule has 0 radical (unpaired) electrons. The molecule has 20 heavy (non-hydrogen) atoms. The average molecular weight is 341 g/mol. The van der Waals surface area contributed by atoms with Crippen molar-refractivity contribution in [3.63, 3.8) is 0 Å². The Bertz CT molecular complexity index is 570. The summed E-state index contributed by atoms with van der Waals surface area (Å²) in [4.78, 5) is 0. The molecule has 0 amide bonds. The van der Waals surface area contributed by atoms with Crippen molar-refractivity contribution >= 4 is 15.9 Å². The predicted octanol–water partition coefficient (Wildman–Crippen LogP) is 3.29. The summed E-state index contributed by atoms with van der Waals surface area (Å²) in [5.74, 6) is -0.260. The average Bonchev–Trinajstić information content (AvgIpc) is 2.88. The maximum Gasteiger partial charge on any atom is 0.137 e. The molecule has 1 N–H and O–H groups in total. The van der Waals surface area contributed by atoms with Crippen molar-refractivity contribution < 1.29 is 4.39 Å². The molecule has 108 valence electrons. The van der Waals surface area contributed by atoms with Crippen molar-refractivity contribution in [1.82, 2.24) is 20.3 Å². The van der Waals surface area contributed by atoms with Gasteiger partial charge in [-0.2, -0.15) is 0 Å². The summed E-state index contributed by atoms with van der Waals surface area (Å²) in [5, 5.41) is 11.5. The number of nitrogens with one attached hydrogen (secondary N) is 1. The number of rotatable bonds is 6. The molecule has 0 aliphatic rings. The lowest BCUT2D eigenvalue weighted by atomic mass is 10.0. The maximum absolute atomic E-state index is 13.4. The first-order valence-electron chi connectivity index (χ1n) is 6.74. The van der Waals surface area contributed by atoms with Gasteiger partial charge in [-0.25, -0.2) is 9.07 Å². The summed E-state index contributed by atoms with van der Waals surface area (Å²) in [5.41, 5.74) is 1.98. The molecule has 2 aromatic rings. The smallest absolute Gasteiger partial charge is 0.137 e. The second-order valence-electron chi connectivity index (χ2n) is 4.55. The number of aromatic nitrogens is 3. The molecule has 1 heterocycles. The number of aryl methyl sites for hydroxylation is 1. The second-order valence-corrected chi connectivity index (χ2v) is 5.40. The van der Waals surface area contributed by atoms with Gasteiger partial charge in [-0.15, -0.1) is 5.10 Å². The van der Waals surface area contributed by atoms with E-state index in [9.17, 15) is 4.39 Å². The highest BCUT2D eigenvalue weighted by molar-refractivity contribution is 9.10. The van der Waals surface area contributed by atoms with Gasteiger partial charge in [-0.05, 0) is 46.6 Å². The van der Waals surface area contributed by atoms with Crippen LogP contribution >= 0.6 is 15.9 Å². The maximum atomic E-state index is 13.4. The van der Waals surface area contributed by atoms with E-state index < -0.39 is 0 Å². The number of hydrogen-bond donors (Lipinski definition) is 1. The fraction of sp³-hybridized carbons (Fsp3) is 0.429. The second kappa shape index (κ2) is 6.95. The third-order valence-corrected chi connectivity index (χ3v) is 3.67. The normalized spacial score (nSPS) is 12.6. The summed E-state index contributed by atoms with van der Waals surface area (Å²) in [6, 6.07) is 5.01. The van der Waals surface area contributed by atoms with Crippen LogP contribution in [0, 0.1) is 5.82 Å². The molecule has 0 aliphatic carbocycles. The standard InChI is InChI=1S/C14H18BrFN4/c1-3-7-20-13(9-18-19-20)14(17-4-2)10-5-6-12(16)11(15)8-10/h5-6,8-9,14,17H,3-4,7H2,1-2H3. The summed E-state index contributed by atoms with van der Waals surface area (Å²) >= 11 is 3.24. The molecule has 1 atom stereocenters. The Morgan fingerprint density at radius 2 is 2.20 bits per heavy atom. The molecule has 0 saturated carbocycles. The van der Waals surface area contributed by atoms with Crippen molar-refractivity contribution in [2.75, 3.05) is 6.54 Å². The van der Waals surface area contributed by atoms with Crippen LogP contribution < -0.4 is 5.32 Å². The third kappa shape index (κ3) is 3.24. The minimum absolute atomic E-state index is 0.0431. The number of halogens is 2. The molecule has 1 aromatic heterocycles. The van der Waals surface area contributed by atoms with E-state index in [1.54, 1.807) is 18.3 Å². The lowest BCUT2D eigenvalue weighted by Crippen LogP contribution is -2.25. The van der Waals surface area contributed by atoms with Crippen LogP contribution in [0.2, 0.25) is 0 Å². The van der Waals surface area contributed by atoms with Gasteiger partial charge in [0.05, 0.1) is 22.4 Å². The van der Waals surface area contributed by atoms with Crippen molar-refractivity contribution in [2.45, 2.75) is 32.9 Å². The topological polar surface area (TPSA) is 42.7 Å². The molecule has 0 fully saturated rings. The third-order valence-electron chi connectivity index (χ3n) is 3.06. The van der Waals surface area contributed by atoms with Gasteiger partial charge in [0.15, 0.2) is 0 Å². The zero-order chi connectivity index (χ0) is 14.5. The van der Waals surface area contributed by atoms with Gasteiger partial charge >= 0.3 is 0 Å². The highest BCUT2D eigenvalue weighted by Gasteiger charge is 2.19. The van der Waals surface area contributed by atoms with Crippen LogP contribution in [0.5, 0.6) is 0 Å². The summed E-state index contributed by atoms with van der Waals surface area (Å²) in [6.07, 6.45) is 2.75. The first-order chi connectivity index (χ1) is 9.67. The summed E-state index contributed by atoms with van der Waals surface area (Å²) < 4.78 is 15.8. The van der Waals surface area contributed by atoms with E-state index in [2.05, 4.69) is 38.5 Å². The van der Waals surface area contributed by atoms with Crippen LogP contribution in [0.4, 0.5) is 4.39 Å². The minimum Gasteiger partial charge on any atom is -0.305 e. The predicted molar refractivity (Wildman–Crippen MR) is 79.9 cm³/mol. The van der Waals surface area contributed by atoms with Crippen LogP contribution in [-0.2, 0) is 6.54 Å². The fourth-order valence-electron chi connectivity index (χ4n) is 2.16. The lowest BCUT2D eigenvalue weighted by Gasteiger charge is -2.19. The van der Waals surface area contributed by atoms with Gasteiger partial charge in [0, 0.05) is 6.54 Å². The largest absolute Gasteiger partial charge is 0.305 e. The number of hydrogen-bond acceptors (Lipinski definition) is 3. The molecule has 0 bridgehead atoms. The van der Waals surface area contributed by atoms with E-state index in [1.165, 1.54) is 6.07 Å². The monoisotopic (exact) mass is 340 g/mol. The SMILES string of the molecule is CCCn1nncc1C(NCC)c1ccc(F)c(Br)c1. The van der Waals surface area contributed by atoms with Gasteiger partial charge in [0.1, 0.15) is 5.82 Å². The van der Waals surface area contributed by atoms with Crippen molar-refractivity contribution in [2.24, 2.45) is 0 Å². The molecule has 1 unspecified atom stereocenters. The van der Waals surface area contributed by atoms with E-state index >= 15 is 0 Å². The highest BCUT2D eigenvalue weighted by atomic mass is 79.9. The summed E-state index contributed by atoms with van der Waals surface area (Å²) in [7, 11) is 0. The van der Waals surface area contributed by atoms with Crippen molar-refractivity contribution in [3.05, 3.63) is 45.9 Å². The first kappa shape index (κ1) is 15.1. The van der Waals surface area contributed by atoms with Crippen LogP contribution in [0.1, 0.15) is 37.6 Å². The van der Waals surface area contributed by atoms with Crippen LogP contribution in [0.25, 0.3) is 0 Å². The van der Waals surface area contributed by atoms with E-state index in [0.717, 1.165) is 30.8 Å². The molecular weight excluding hydrogens is 323 g/mol. The molecule has 2 rings (SSSR count). The first-order valence-corrected chi connectivity index (χ1v) is 7.53. The molecular formula is C14H18BrFN4. The summed E-state index contributed by atoms with van der Waals surface area (Å²) in [6.45, 7) is 5.76. The zero-order valence-electron chi connectivity index (χ0n) is 11.6. The molecule has 0 aliphatic heterocycles. The van der Waals surface area contributed by atoms with Gasteiger partial charge in [-0.1, -0.05) is 25.1 Å². The van der Waals surface area contributed by atoms with Crippen LogP contribution in [-0.4, -0.2) is 21.5 Å². The Morgan fingerprint density at radius 1 is 1.40 bits per heavy atom. The molecule has 6 heteroatoms. The Balaban J connectivity index is 2.39. The zero-order valence-corrected chi connectivity index (χ0v) is 13.2. The quantitative estimate of drug-likeness (QED) is 0.877. The van der Waals surface area contributed by atoms with Gasteiger partial charge in [0.25, 0.3) is 0 Å². The van der Waals surface area contributed by atoms with Crippen molar-refractivity contribution in [1.29, 1.82) is 0 Å². The Hall–Kier alpha value is -1.27. The van der Waals surface area contributed by atoms with Gasteiger partial charge < -0.3 is 5.32 Å². The van der Waals surface area contributed by atoms with Crippen LogP contribution in [0.3, 0.4) is 0 Å². The minimum atomic E-state index is -0.260.